The van der Waals surface area contributed by atoms with E-state index in [1.807, 2.05) is 0 Å². The van der Waals surface area contributed by atoms with Gasteiger partial charge in [0.25, 0.3) is 0 Å². The molecule has 0 radical (unpaired) electrons. The Balaban J connectivity index is 1.58. The minimum absolute atomic E-state index is 0.509. The summed E-state index contributed by atoms with van der Waals surface area (Å²) in [5.41, 5.74) is 3.75. The summed E-state index contributed by atoms with van der Waals surface area (Å²) < 4.78 is 0. The molecule has 5 aliphatic rings. The fraction of sp³-hybridized carbons (Fsp3) is 0.909. The van der Waals surface area contributed by atoms with E-state index in [9.17, 15) is 0 Å². The predicted octanol–water partition coefficient (Wildman–Crippen LogP) is 6.37. The summed E-state index contributed by atoms with van der Waals surface area (Å²) in [5.74, 6) is 4.19. The first-order chi connectivity index (χ1) is 10.6. The van der Waals surface area contributed by atoms with Crippen molar-refractivity contribution in [3.63, 3.8) is 0 Å². The van der Waals surface area contributed by atoms with Crippen LogP contribution in [0, 0.1) is 39.9 Å². The quantitative estimate of drug-likeness (QED) is 0.494. The lowest BCUT2D eigenvalue weighted by Crippen LogP contribution is -2.50. The van der Waals surface area contributed by atoms with Gasteiger partial charge in [-0.05, 0) is 91.3 Å². The maximum atomic E-state index is 4.51. The third-order valence-electron chi connectivity index (χ3n) is 9.87. The number of hydrogen-bond donors (Lipinski definition) is 0. The number of allylic oxidation sites excluding steroid dienone is 1. The lowest BCUT2D eigenvalue weighted by atomic mass is 9.47. The molecule has 7 atom stereocenters. The van der Waals surface area contributed by atoms with Gasteiger partial charge in [0, 0.05) is 0 Å². The molecule has 0 heterocycles. The molecule has 0 aliphatic heterocycles. The molecular formula is C22H34. The average molecular weight is 299 g/mol. The molecule has 0 heteroatoms. The van der Waals surface area contributed by atoms with Crippen molar-refractivity contribution in [1.82, 2.24) is 0 Å². The van der Waals surface area contributed by atoms with Gasteiger partial charge in [0.2, 0.25) is 0 Å². The van der Waals surface area contributed by atoms with Crippen LogP contribution in [0.25, 0.3) is 0 Å². The van der Waals surface area contributed by atoms with Crippen molar-refractivity contribution < 1.29 is 0 Å². The SMILES string of the molecule is C=C1CCC2C3C(CC)CC4CCCCC45CC35CCC12C. The number of rotatable bonds is 1. The van der Waals surface area contributed by atoms with Gasteiger partial charge in [-0.15, -0.1) is 0 Å². The molecule has 0 nitrogen and oxygen atoms in total. The molecule has 0 aromatic carbocycles. The lowest BCUT2D eigenvalue weighted by Gasteiger charge is -2.57. The standard InChI is InChI=1S/C22H34/c1-4-16-13-17-7-5-6-10-21(17)14-22(21)12-11-20(3)15(2)8-9-18(20)19(16)22/h16-19H,2,4-14H2,1,3H3. The fourth-order valence-corrected chi connectivity index (χ4v) is 8.73. The van der Waals surface area contributed by atoms with E-state index in [4.69, 9.17) is 0 Å². The van der Waals surface area contributed by atoms with Crippen LogP contribution in [0.3, 0.4) is 0 Å². The van der Waals surface area contributed by atoms with Crippen LogP contribution in [0.15, 0.2) is 12.2 Å². The van der Waals surface area contributed by atoms with E-state index in [0.717, 1.165) is 34.5 Å². The molecule has 5 aliphatic carbocycles. The first-order valence-corrected chi connectivity index (χ1v) is 10.3. The molecule has 5 rings (SSSR count). The molecule has 0 aromatic rings. The van der Waals surface area contributed by atoms with Gasteiger partial charge in [-0.2, -0.15) is 0 Å². The zero-order valence-electron chi connectivity index (χ0n) is 14.8. The number of fused-ring (bicyclic) bond motifs is 2. The fourth-order valence-electron chi connectivity index (χ4n) is 8.73. The summed E-state index contributed by atoms with van der Waals surface area (Å²) in [6.45, 7) is 9.60. The summed E-state index contributed by atoms with van der Waals surface area (Å²) in [6.07, 6.45) is 16.7. The van der Waals surface area contributed by atoms with Crippen LogP contribution in [-0.4, -0.2) is 0 Å². The Kier molecular flexibility index (Phi) is 2.71. The predicted molar refractivity (Wildman–Crippen MR) is 92.5 cm³/mol. The van der Waals surface area contributed by atoms with Crippen LogP contribution in [0.2, 0.25) is 0 Å². The van der Waals surface area contributed by atoms with Crippen LogP contribution in [0.4, 0.5) is 0 Å². The second-order valence-corrected chi connectivity index (χ2v) is 10.0. The van der Waals surface area contributed by atoms with Gasteiger partial charge in [-0.25, -0.2) is 0 Å². The van der Waals surface area contributed by atoms with Crippen LogP contribution < -0.4 is 0 Å². The normalized spacial score (nSPS) is 59.3. The van der Waals surface area contributed by atoms with E-state index in [-0.39, 0.29) is 0 Å². The topological polar surface area (TPSA) is 0 Å². The zero-order chi connectivity index (χ0) is 15.2. The molecule has 0 saturated heterocycles. The van der Waals surface area contributed by atoms with Crippen molar-refractivity contribution in [3.8, 4) is 0 Å². The van der Waals surface area contributed by atoms with Crippen molar-refractivity contribution in [2.45, 2.75) is 84.5 Å². The van der Waals surface area contributed by atoms with Crippen molar-refractivity contribution in [2.75, 3.05) is 0 Å². The Hall–Kier alpha value is -0.260. The van der Waals surface area contributed by atoms with Gasteiger partial charge in [0.15, 0.2) is 0 Å². The largest absolute Gasteiger partial charge is 0.0993 e. The van der Waals surface area contributed by atoms with Crippen molar-refractivity contribution in [3.05, 3.63) is 12.2 Å². The van der Waals surface area contributed by atoms with Gasteiger partial charge in [0.1, 0.15) is 0 Å². The molecule has 0 amide bonds. The number of hydrogen-bond acceptors (Lipinski definition) is 0. The van der Waals surface area contributed by atoms with Crippen LogP contribution in [0.1, 0.15) is 84.5 Å². The van der Waals surface area contributed by atoms with E-state index < -0.39 is 0 Å². The van der Waals surface area contributed by atoms with E-state index in [1.165, 1.54) is 38.5 Å². The monoisotopic (exact) mass is 298 g/mol. The molecule has 5 saturated carbocycles. The molecule has 0 N–H and O–H groups in total. The summed E-state index contributed by atoms with van der Waals surface area (Å²) in [7, 11) is 0. The Bertz CT molecular complexity index is 518. The summed E-state index contributed by atoms with van der Waals surface area (Å²) >= 11 is 0. The maximum Gasteiger partial charge on any atom is -0.00876 e. The first-order valence-electron chi connectivity index (χ1n) is 10.3. The molecule has 5 fully saturated rings. The van der Waals surface area contributed by atoms with Crippen LogP contribution >= 0.6 is 0 Å². The highest BCUT2D eigenvalue weighted by atomic mass is 14.8. The molecular weight excluding hydrogens is 264 g/mol. The average Bonchev–Trinajstić information content (AvgIpc) is 3.08. The molecule has 7 unspecified atom stereocenters. The minimum atomic E-state index is 0.509. The lowest BCUT2D eigenvalue weighted by molar-refractivity contribution is -0.0784. The molecule has 22 heavy (non-hydrogen) atoms. The second kappa shape index (κ2) is 4.22. The summed E-state index contributed by atoms with van der Waals surface area (Å²) in [5, 5.41) is 0. The van der Waals surface area contributed by atoms with E-state index in [2.05, 4.69) is 20.4 Å². The summed E-state index contributed by atoms with van der Waals surface area (Å²) in [4.78, 5) is 0. The summed E-state index contributed by atoms with van der Waals surface area (Å²) in [6, 6.07) is 0. The van der Waals surface area contributed by atoms with Gasteiger partial charge in [0.05, 0.1) is 0 Å². The van der Waals surface area contributed by atoms with Crippen molar-refractivity contribution in [2.24, 2.45) is 39.9 Å². The Morgan fingerprint density at radius 1 is 1.09 bits per heavy atom. The molecule has 122 valence electrons. The van der Waals surface area contributed by atoms with Crippen LogP contribution in [0.5, 0.6) is 0 Å². The third-order valence-corrected chi connectivity index (χ3v) is 9.87. The minimum Gasteiger partial charge on any atom is -0.0993 e. The smallest absolute Gasteiger partial charge is 0.00876 e. The van der Waals surface area contributed by atoms with Gasteiger partial charge < -0.3 is 0 Å². The van der Waals surface area contributed by atoms with Gasteiger partial charge in [-0.1, -0.05) is 45.3 Å². The Morgan fingerprint density at radius 3 is 2.77 bits per heavy atom. The Morgan fingerprint density at radius 2 is 1.95 bits per heavy atom. The van der Waals surface area contributed by atoms with Gasteiger partial charge >= 0.3 is 0 Å². The second-order valence-electron chi connectivity index (χ2n) is 10.0. The highest BCUT2D eigenvalue weighted by Crippen LogP contribution is 2.86. The zero-order valence-corrected chi connectivity index (χ0v) is 14.8. The van der Waals surface area contributed by atoms with E-state index >= 15 is 0 Å². The van der Waals surface area contributed by atoms with Crippen LogP contribution in [-0.2, 0) is 0 Å². The molecule has 0 aromatic heterocycles. The maximum absolute atomic E-state index is 4.51. The van der Waals surface area contributed by atoms with E-state index in [0.29, 0.717) is 5.41 Å². The van der Waals surface area contributed by atoms with E-state index in [1.54, 1.807) is 37.7 Å². The van der Waals surface area contributed by atoms with Gasteiger partial charge in [-0.3, -0.25) is 0 Å². The van der Waals surface area contributed by atoms with Crippen molar-refractivity contribution >= 4 is 0 Å². The highest BCUT2D eigenvalue weighted by molar-refractivity contribution is 5.31. The molecule has 0 bridgehead atoms. The first kappa shape index (κ1) is 14.1. The Labute approximate surface area is 137 Å². The van der Waals surface area contributed by atoms with Crippen molar-refractivity contribution in [1.29, 1.82) is 0 Å². The highest BCUT2D eigenvalue weighted by Gasteiger charge is 2.78. The third kappa shape index (κ3) is 1.39. The molecule has 2 spiro atoms.